The molecule has 22 heteroatoms. The van der Waals surface area contributed by atoms with Crippen molar-refractivity contribution in [3.05, 3.63) is 0 Å². The minimum absolute atomic E-state index is 1.07. The fraction of sp³-hybridized carbons (Fsp3) is 0.875. The molecule has 0 radical (unpaired) electrons. The van der Waals surface area contributed by atoms with Gasteiger partial charge in [-0.25, -0.2) is 14.4 Å². The van der Waals surface area contributed by atoms with Crippen LogP contribution in [-0.4, -0.2) is 200 Å². The highest BCUT2D eigenvalue weighted by atomic mass is 16.8. The number of carboxylic acids is 3. The molecule has 3 fully saturated rings. The Morgan fingerprint density at radius 1 is 0.652 bits per heavy atom. The summed E-state index contributed by atoms with van der Waals surface area (Å²) in [6.07, 6.45) is -28.9. The first-order chi connectivity index (χ1) is 21.3. The van der Waals surface area contributed by atoms with Crippen molar-refractivity contribution < 1.29 is 110 Å². The summed E-state index contributed by atoms with van der Waals surface area (Å²) in [7, 11) is 0. The lowest BCUT2D eigenvalue weighted by Crippen LogP contribution is -2.69. The Morgan fingerprint density at radius 2 is 1.13 bits per heavy atom. The van der Waals surface area contributed by atoms with E-state index < -0.39 is 148 Å². The van der Waals surface area contributed by atoms with Gasteiger partial charge in [0.2, 0.25) is 0 Å². The van der Waals surface area contributed by atoms with Crippen LogP contribution in [0, 0.1) is 0 Å². The van der Waals surface area contributed by atoms with E-state index in [-0.39, 0.29) is 0 Å². The minimum Gasteiger partial charge on any atom is -0.477 e. The molecule has 0 aromatic carbocycles. The molecule has 0 amide bonds. The fourth-order valence-corrected chi connectivity index (χ4v) is 5.44. The predicted molar refractivity (Wildman–Crippen MR) is 135 cm³/mol. The van der Waals surface area contributed by atoms with Crippen LogP contribution < -0.4 is 0 Å². The third-order valence-corrected chi connectivity index (χ3v) is 7.95. The van der Waals surface area contributed by atoms with Gasteiger partial charge in [0.15, 0.2) is 0 Å². The zero-order valence-corrected chi connectivity index (χ0v) is 23.7. The maximum atomic E-state index is 12.7. The van der Waals surface area contributed by atoms with E-state index in [0.717, 1.165) is 0 Å². The van der Waals surface area contributed by atoms with Crippen molar-refractivity contribution in [2.75, 3.05) is 19.8 Å². The largest absolute Gasteiger partial charge is 0.477 e. The summed E-state index contributed by atoms with van der Waals surface area (Å²) >= 11 is 0. The topological polar surface area (TPSA) is 381 Å². The minimum atomic E-state index is -3.26. The molecule has 0 aromatic rings. The number of carboxylic acid groups (broad SMARTS) is 3. The molecule has 14 N–H and O–H groups in total. The Morgan fingerprint density at radius 3 is 1.61 bits per heavy atom. The van der Waals surface area contributed by atoms with Gasteiger partial charge < -0.3 is 95.2 Å². The monoisotopic (exact) mass is 678 g/mol. The quantitative estimate of drug-likeness (QED) is 0.0859. The van der Waals surface area contributed by atoms with Crippen LogP contribution in [0.3, 0.4) is 0 Å². The third-order valence-electron chi connectivity index (χ3n) is 7.95. The lowest BCUT2D eigenvalue weighted by atomic mass is 9.89. The van der Waals surface area contributed by atoms with E-state index in [9.17, 15) is 85.9 Å². The van der Waals surface area contributed by atoms with Crippen LogP contribution in [0.2, 0.25) is 0 Å². The van der Waals surface area contributed by atoms with Crippen LogP contribution in [-0.2, 0) is 38.1 Å². The molecular formula is C24H38O22. The van der Waals surface area contributed by atoms with E-state index in [1.54, 1.807) is 0 Å². The molecule has 266 valence electrons. The van der Waals surface area contributed by atoms with Gasteiger partial charge in [0, 0.05) is 19.3 Å². The lowest BCUT2D eigenvalue weighted by molar-refractivity contribution is -0.387. The first-order valence-electron chi connectivity index (χ1n) is 13.7. The Balaban J connectivity index is 2.06. The van der Waals surface area contributed by atoms with Crippen molar-refractivity contribution in [2.24, 2.45) is 0 Å². The summed E-state index contributed by atoms with van der Waals surface area (Å²) in [6.45, 7) is -3.66. The molecule has 0 saturated carbocycles. The Hall–Kier alpha value is -2.23. The zero-order chi connectivity index (χ0) is 34.9. The van der Waals surface area contributed by atoms with E-state index in [4.69, 9.17) is 23.7 Å². The summed E-state index contributed by atoms with van der Waals surface area (Å²) in [5.41, 5.74) is 0. The van der Waals surface area contributed by atoms with Crippen molar-refractivity contribution in [3.8, 4) is 0 Å². The van der Waals surface area contributed by atoms with Crippen molar-refractivity contribution >= 4 is 17.9 Å². The van der Waals surface area contributed by atoms with Gasteiger partial charge in [-0.3, -0.25) is 0 Å². The van der Waals surface area contributed by atoms with Crippen LogP contribution >= 0.6 is 0 Å². The van der Waals surface area contributed by atoms with Crippen LogP contribution in [0.4, 0.5) is 0 Å². The summed E-state index contributed by atoms with van der Waals surface area (Å²) in [5.74, 6) is -15.8. The number of carbonyl (C=O) groups is 3. The van der Waals surface area contributed by atoms with Gasteiger partial charge in [0.1, 0.15) is 54.9 Å². The standard InChI is InChI=1S/C24H38O22/c25-4-9(30)16-13(32)8(29)2-23(45-16,20(37)38)42-11-3-24(21(39)40,46-17(15(11)34)10(31)5-26)43-12(6-27)18-14(33)7(28)1-22(41,44-18)19(35)36/h7-18,25-34,41H,1-6H2,(H,35,36)(H,37,38)(H,39,40)/t7-,8-,9-,10-,11-,12-,13-,14-,15-,16-,17-,18-,22+,23+,24+/m1/s1. The van der Waals surface area contributed by atoms with Crippen molar-refractivity contribution in [2.45, 2.75) is 110 Å². The van der Waals surface area contributed by atoms with E-state index in [1.165, 1.54) is 0 Å². The van der Waals surface area contributed by atoms with E-state index in [0.29, 0.717) is 0 Å². The number of aliphatic carboxylic acids is 3. The smallest absolute Gasteiger partial charge is 0.364 e. The number of aliphatic hydroxyl groups excluding tert-OH is 10. The summed E-state index contributed by atoms with van der Waals surface area (Å²) in [5, 5.41) is 141. The van der Waals surface area contributed by atoms with Gasteiger partial charge in [0.05, 0.1) is 38.1 Å². The second kappa shape index (κ2) is 14.5. The van der Waals surface area contributed by atoms with Crippen molar-refractivity contribution in [3.63, 3.8) is 0 Å². The molecule has 3 rings (SSSR count). The molecule has 0 aromatic heterocycles. The molecule has 15 atom stereocenters. The molecule has 0 unspecified atom stereocenters. The molecule has 0 aliphatic carbocycles. The van der Waals surface area contributed by atoms with E-state index in [2.05, 4.69) is 0 Å². The van der Waals surface area contributed by atoms with E-state index in [1.807, 2.05) is 0 Å². The summed E-state index contributed by atoms with van der Waals surface area (Å²) in [6, 6.07) is 0. The third kappa shape index (κ3) is 7.26. The maximum absolute atomic E-state index is 12.7. The zero-order valence-electron chi connectivity index (χ0n) is 23.7. The number of rotatable bonds is 13. The van der Waals surface area contributed by atoms with Gasteiger partial charge >= 0.3 is 17.9 Å². The summed E-state index contributed by atoms with van der Waals surface area (Å²) in [4.78, 5) is 36.7. The van der Waals surface area contributed by atoms with Crippen LogP contribution in [0.25, 0.3) is 0 Å². The molecule has 3 aliphatic heterocycles. The highest BCUT2D eigenvalue weighted by Crippen LogP contribution is 2.41. The van der Waals surface area contributed by atoms with Gasteiger partial charge in [-0.05, 0) is 0 Å². The number of ether oxygens (including phenoxy) is 5. The number of hydrogen-bond acceptors (Lipinski definition) is 19. The second-order valence-electron chi connectivity index (χ2n) is 11.2. The highest BCUT2D eigenvalue weighted by Gasteiger charge is 2.62. The Labute approximate surface area is 257 Å². The lowest BCUT2D eigenvalue weighted by Gasteiger charge is -2.50. The fourth-order valence-electron chi connectivity index (χ4n) is 5.44. The number of hydrogen-bond donors (Lipinski definition) is 14. The Kier molecular flexibility index (Phi) is 12.0. The molecular weight excluding hydrogens is 640 g/mol. The molecule has 3 saturated heterocycles. The average Bonchev–Trinajstić information content (AvgIpc) is 2.99. The average molecular weight is 679 g/mol. The van der Waals surface area contributed by atoms with Crippen LogP contribution in [0.1, 0.15) is 19.3 Å². The van der Waals surface area contributed by atoms with E-state index >= 15 is 0 Å². The predicted octanol–water partition coefficient (Wildman–Crippen LogP) is -8.04. The van der Waals surface area contributed by atoms with Gasteiger partial charge in [-0.2, -0.15) is 0 Å². The first-order valence-corrected chi connectivity index (χ1v) is 13.7. The van der Waals surface area contributed by atoms with Crippen molar-refractivity contribution in [1.29, 1.82) is 0 Å². The van der Waals surface area contributed by atoms with Gasteiger partial charge in [-0.1, -0.05) is 0 Å². The molecule has 3 aliphatic rings. The molecule has 0 bridgehead atoms. The molecule has 0 spiro atoms. The molecule has 46 heavy (non-hydrogen) atoms. The first kappa shape index (κ1) is 38.2. The molecule has 3 heterocycles. The number of aliphatic hydroxyl groups is 11. The second-order valence-corrected chi connectivity index (χ2v) is 11.2. The van der Waals surface area contributed by atoms with Gasteiger partial charge in [0.25, 0.3) is 17.4 Å². The molecule has 22 nitrogen and oxygen atoms in total. The maximum Gasteiger partial charge on any atom is 0.364 e. The summed E-state index contributed by atoms with van der Waals surface area (Å²) < 4.78 is 26.4. The Bertz CT molecular complexity index is 1090. The normalized spacial score (nSPS) is 43.8. The van der Waals surface area contributed by atoms with Crippen molar-refractivity contribution in [1.82, 2.24) is 0 Å². The SMILES string of the molecule is O=C(O)[C@]1(O[C@@H]2C[C@@](O[C@H](CO)[C@H]3O[C@](O)(C(=O)O)C[C@@H](O)[C@H]3O)(C(=O)O)O[C@H]([C@H](O)CO)[C@@H]2O)C[C@@H](O)[C@@H](O)[C@@H]([C@H](O)CO)O1. The van der Waals surface area contributed by atoms with Gasteiger partial charge in [-0.15, -0.1) is 0 Å². The highest BCUT2D eigenvalue weighted by molar-refractivity contribution is 5.77. The van der Waals surface area contributed by atoms with Crippen LogP contribution in [0.5, 0.6) is 0 Å². The van der Waals surface area contributed by atoms with Crippen LogP contribution in [0.15, 0.2) is 0 Å².